The van der Waals surface area contributed by atoms with Crippen molar-refractivity contribution in [2.45, 2.75) is 0 Å². The van der Waals surface area contributed by atoms with Crippen LogP contribution in [0.1, 0.15) is 10.4 Å². The molecule has 1 fully saturated rings. The molecule has 1 heterocycles. The zero-order valence-corrected chi connectivity index (χ0v) is 15.5. The lowest BCUT2D eigenvalue weighted by Gasteiger charge is -2.25. The Morgan fingerprint density at radius 1 is 1.11 bits per heavy atom. The molecule has 0 aromatic heterocycles. The first-order valence-corrected chi connectivity index (χ1v) is 8.88. The molecule has 2 aromatic carbocycles. The van der Waals surface area contributed by atoms with E-state index in [1.807, 2.05) is 12.1 Å². The van der Waals surface area contributed by atoms with Gasteiger partial charge in [0, 0.05) is 24.3 Å². The maximum Gasteiger partial charge on any atom is 0.255 e. The third-order valence-corrected chi connectivity index (χ3v) is 4.27. The Hall–Kier alpha value is -3.39. The van der Waals surface area contributed by atoms with E-state index in [9.17, 15) is 14.4 Å². The molecule has 28 heavy (non-hydrogen) atoms. The van der Waals surface area contributed by atoms with Crippen LogP contribution in [0.15, 0.2) is 48.5 Å². The molecule has 1 aliphatic rings. The van der Waals surface area contributed by atoms with E-state index < -0.39 is 0 Å². The van der Waals surface area contributed by atoms with Crippen LogP contribution in [-0.4, -0.2) is 55.9 Å². The molecule has 8 heteroatoms. The number of carbonyl (C=O) groups is 3. The molecule has 3 amide bonds. The number of nitrogens with one attached hydrogen (secondary N) is 3. The summed E-state index contributed by atoms with van der Waals surface area (Å²) in [5.41, 5.74) is 1.62. The van der Waals surface area contributed by atoms with Gasteiger partial charge >= 0.3 is 0 Å². The lowest BCUT2D eigenvalue weighted by molar-refractivity contribution is -0.125. The van der Waals surface area contributed by atoms with E-state index in [2.05, 4.69) is 16.0 Å². The van der Waals surface area contributed by atoms with Crippen LogP contribution >= 0.6 is 0 Å². The lowest BCUT2D eigenvalue weighted by atomic mass is 10.2. The Morgan fingerprint density at radius 3 is 2.57 bits per heavy atom. The molecule has 1 aliphatic heterocycles. The summed E-state index contributed by atoms with van der Waals surface area (Å²) in [6.07, 6.45) is 0. The molecule has 0 aliphatic carbocycles. The van der Waals surface area contributed by atoms with Crippen LogP contribution in [0.5, 0.6) is 5.75 Å². The smallest absolute Gasteiger partial charge is 0.255 e. The number of amides is 3. The Balaban J connectivity index is 1.56. The number of hydrogen-bond donors (Lipinski definition) is 3. The summed E-state index contributed by atoms with van der Waals surface area (Å²) in [5.74, 6) is 0.0122. The molecule has 0 bridgehead atoms. The second-order valence-electron chi connectivity index (χ2n) is 6.34. The molecule has 146 valence electrons. The van der Waals surface area contributed by atoms with Crippen molar-refractivity contribution >= 4 is 29.1 Å². The Bertz CT molecular complexity index is 867. The molecule has 0 unspecified atom stereocenters. The zero-order valence-electron chi connectivity index (χ0n) is 15.5. The fourth-order valence-corrected chi connectivity index (χ4v) is 2.88. The van der Waals surface area contributed by atoms with Gasteiger partial charge in [-0.05, 0) is 36.4 Å². The number of carbonyl (C=O) groups excluding carboxylic acids is 3. The summed E-state index contributed by atoms with van der Waals surface area (Å²) < 4.78 is 5.22. The summed E-state index contributed by atoms with van der Waals surface area (Å²) in [6.45, 7) is 1.54. The number of hydrogen-bond acceptors (Lipinski definition) is 5. The second kappa shape index (κ2) is 9.01. The van der Waals surface area contributed by atoms with Crippen molar-refractivity contribution in [1.82, 2.24) is 10.2 Å². The van der Waals surface area contributed by atoms with Gasteiger partial charge in [-0.1, -0.05) is 12.1 Å². The van der Waals surface area contributed by atoms with Crippen LogP contribution in [0.2, 0.25) is 0 Å². The highest BCUT2D eigenvalue weighted by atomic mass is 16.5. The number of piperazine rings is 1. The van der Waals surface area contributed by atoms with Gasteiger partial charge in [-0.2, -0.15) is 0 Å². The maximum absolute atomic E-state index is 12.4. The highest BCUT2D eigenvalue weighted by Crippen LogP contribution is 2.23. The van der Waals surface area contributed by atoms with Crippen molar-refractivity contribution in [2.75, 3.05) is 43.9 Å². The first-order valence-electron chi connectivity index (χ1n) is 8.88. The van der Waals surface area contributed by atoms with E-state index in [1.165, 1.54) is 0 Å². The van der Waals surface area contributed by atoms with Crippen LogP contribution in [0, 0.1) is 0 Å². The van der Waals surface area contributed by atoms with E-state index in [-0.39, 0.29) is 30.8 Å². The summed E-state index contributed by atoms with van der Waals surface area (Å²) in [7, 11) is 1.54. The molecule has 0 radical (unpaired) electrons. The van der Waals surface area contributed by atoms with Gasteiger partial charge in [-0.3, -0.25) is 19.3 Å². The van der Waals surface area contributed by atoms with E-state index in [0.717, 1.165) is 0 Å². The molecule has 3 rings (SSSR count). The number of para-hydroxylation sites is 2. The topological polar surface area (TPSA) is 99.8 Å². The highest BCUT2D eigenvalue weighted by Gasteiger charge is 2.18. The minimum absolute atomic E-state index is 0.0792. The van der Waals surface area contributed by atoms with Gasteiger partial charge in [0.2, 0.25) is 11.8 Å². The lowest BCUT2D eigenvalue weighted by Crippen LogP contribution is -2.49. The molecule has 3 N–H and O–H groups in total. The molecule has 0 saturated carbocycles. The molecule has 1 saturated heterocycles. The predicted molar refractivity (Wildman–Crippen MR) is 105 cm³/mol. The number of benzene rings is 2. The van der Waals surface area contributed by atoms with Crippen LogP contribution in [0.3, 0.4) is 0 Å². The first kappa shape index (κ1) is 19.4. The molecular weight excluding hydrogens is 360 g/mol. The molecular formula is C20H22N4O4. The fourth-order valence-electron chi connectivity index (χ4n) is 2.88. The van der Waals surface area contributed by atoms with Crippen LogP contribution in [-0.2, 0) is 9.59 Å². The number of nitrogens with zero attached hydrogens (tertiary/aromatic N) is 1. The van der Waals surface area contributed by atoms with E-state index in [1.54, 1.807) is 48.4 Å². The normalized spacial score (nSPS) is 14.1. The quantitative estimate of drug-likeness (QED) is 0.700. The maximum atomic E-state index is 12.4. The molecule has 8 nitrogen and oxygen atoms in total. The number of ether oxygens (including phenoxy) is 1. The van der Waals surface area contributed by atoms with Crippen molar-refractivity contribution in [3.05, 3.63) is 54.1 Å². The summed E-state index contributed by atoms with van der Waals surface area (Å²) in [6, 6.07) is 13.7. The van der Waals surface area contributed by atoms with Gasteiger partial charge in [-0.25, -0.2) is 0 Å². The summed E-state index contributed by atoms with van der Waals surface area (Å²) in [4.78, 5) is 37.7. The minimum atomic E-state index is -0.276. The Kier molecular flexibility index (Phi) is 6.23. The average molecular weight is 382 g/mol. The van der Waals surface area contributed by atoms with Gasteiger partial charge < -0.3 is 20.7 Å². The molecule has 0 atom stereocenters. The van der Waals surface area contributed by atoms with Gasteiger partial charge in [0.05, 0.1) is 25.9 Å². The standard InChI is InChI=1S/C20H22N4O4/c1-28-17-5-3-2-4-16(17)23-20(27)14-6-8-15(9-7-14)22-19(26)13-24-11-10-21-18(25)12-24/h2-9H,10-13H2,1H3,(H,21,25)(H,22,26)(H,23,27). The van der Waals surface area contributed by atoms with Gasteiger partial charge in [0.15, 0.2) is 0 Å². The Morgan fingerprint density at radius 2 is 1.86 bits per heavy atom. The third-order valence-electron chi connectivity index (χ3n) is 4.27. The van der Waals surface area contributed by atoms with E-state index in [4.69, 9.17) is 4.74 Å². The molecule has 0 spiro atoms. The van der Waals surface area contributed by atoms with Crippen molar-refractivity contribution in [3.63, 3.8) is 0 Å². The molecule has 2 aromatic rings. The first-order chi connectivity index (χ1) is 13.5. The monoisotopic (exact) mass is 382 g/mol. The van der Waals surface area contributed by atoms with Crippen LogP contribution in [0.4, 0.5) is 11.4 Å². The predicted octanol–water partition coefficient (Wildman–Crippen LogP) is 1.32. The zero-order chi connectivity index (χ0) is 19.9. The van der Waals surface area contributed by atoms with Crippen LogP contribution < -0.4 is 20.7 Å². The Labute approximate surface area is 162 Å². The van der Waals surface area contributed by atoms with E-state index in [0.29, 0.717) is 35.8 Å². The average Bonchev–Trinajstić information content (AvgIpc) is 2.69. The van der Waals surface area contributed by atoms with Crippen molar-refractivity contribution in [3.8, 4) is 5.75 Å². The number of rotatable bonds is 6. The summed E-state index contributed by atoms with van der Waals surface area (Å²) in [5, 5.41) is 8.29. The minimum Gasteiger partial charge on any atom is -0.495 e. The van der Waals surface area contributed by atoms with Crippen molar-refractivity contribution in [2.24, 2.45) is 0 Å². The van der Waals surface area contributed by atoms with Crippen molar-refractivity contribution < 1.29 is 19.1 Å². The van der Waals surface area contributed by atoms with Gasteiger partial charge in [0.1, 0.15) is 5.75 Å². The van der Waals surface area contributed by atoms with Gasteiger partial charge in [-0.15, -0.1) is 0 Å². The largest absolute Gasteiger partial charge is 0.495 e. The summed E-state index contributed by atoms with van der Waals surface area (Å²) >= 11 is 0. The van der Waals surface area contributed by atoms with Gasteiger partial charge in [0.25, 0.3) is 5.91 Å². The van der Waals surface area contributed by atoms with E-state index >= 15 is 0 Å². The second-order valence-corrected chi connectivity index (χ2v) is 6.34. The van der Waals surface area contributed by atoms with Crippen LogP contribution in [0.25, 0.3) is 0 Å². The highest BCUT2D eigenvalue weighted by molar-refractivity contribution is 6.05. The van der Waals surface area contributed by atoms with Crippen molar-refractivity contribution in [1.29, 1.82) is 0 Å². The number of methoxy groups -OCH3 is 1. The number of anilines is 2. The fraction of sp³-hybridized carbons (Fsp3) is 0.250. The third kappa shape index (κ3) is 5.08. The SMILES string of the molecule is COc1ccccc1NC(=O)c1ccc(NC(=O)CN2CCNC(=O)C2)cc1.